The van der Waals surface area contributed by atoms with E-state index in [0.717, 1.165) is 5.56 Å². The molecule has 0 radical (unpaired) electrons. The number of Topliss-reactive ketones (excluding diaryl/α,β-unsaturated/α-hetero) is 1. The summed E-state index contributed by atoms with van der Waals surface area (Å²) >= 11 is 6.03. The zero-order chi connectivity index (χ0) is 20.4. The number of amides is 1. The van der Waals surface area contributed by atoms with Crippen molar-refractivity contribution in [2.24, 2.45) is 0 Å². The van der Waals surface area contributed by atoms with Crippen LogP contribution in [0.1, 0.15) is 22.7 Å². The molecule has 0 aliphatic carbocycles. The average Bonchev–Trinajstić information content (AvgIpc) is 3.00. The van der Waals surface area contributed by atoms with E-state index in [1.54, 1.807) is 48.5 Å². The number of carbonyl (C=O) groups excluding carboxylic acids is 2. The summed E-state index contributed by atoms with van der Waals surface area (Å²) in [5, 5.41) is 11.5. The van der Waals surface area contributed by atoms with Gasteiger partial charge in [-0.25, -0.2) is 0 Å². The summed E-state index contributed by atoms with van der Waals surface area (Å²) in [6.07, 6.45) is 0. The van der Waals surface area contributed by atoms with Crippen LogP contribution in [0, 0.1) is 0 Å². The minimum Gasteiger partial charge on any atom is -0.507 e. The van der Waals surface area contributed by atoms with Gasteiger partial charge in [-0.05, 0) is 23.3 Å². The summed E-state index contributed by atoms with van der Waals surface area (Å²) in [6, 6.07) is 24.5. The maximum absolute atomic E-state index is 12.9. The fraction of sp³-hybridized carbons (Fsp3) is 0.0833. The lowest BCUT2D eigenvalue weighted by atomic mass is 9.95. The van der Waals surface area contributed by atoms with Gasteiger partial charge in [0.05, 0.1) is 11.6 Å². The number of ketones is 1. The van der Waals surface area contributed by atoms with Gasteiger partial charge in [0, 0.05) is 17.1 Å². The van der Waals surface area contributed by atoms with Gasteiger partial charge in [-0.3, -0.25) is 9.59 Å². The molecule has 1 saturated heterocycles. The molecule has 3 aromatic carbocycles. The van der Waals surface area contributed by atoms with Crippen molar-refractivity contribution in [1.82, 2.24) is 4.90 Å². The van der Waals surface area contributed by atoms with Gasteiger partial charge in [0.15, 0.2) is 0 Å². The quantitative estimate of drug-likeness (QED) is 0.380. The molecule has 1 unspecified atom stereocenters. The normalized spacial score (nSPS) is 18.2. The molecule has 1 N–H and O–H groups in total. The number of carbonyl (C=O) groups is 2. The van der Waals surface area contributed by atoms with Crippen molar-refractivity contribution in [3.8, 4) is 0 Å². The third-order valence-electron chi connectivity index (χ3n) is 4.97. The molecule has 0 bridgehead atoms. The molecule has 1 fully saturated rings. The lowest BCUT2D eigenvalue weighted by Crippen LogP contribution is -2.29. The van der Waals surface area contributed by atoms with E-state index in [4.69, 9.17) is 11.6 Å². The van der Waals surface area contributed by atoms with Crippen LogP contribution in [0.15, 0.2) is 90.5 Å². The highest BCUT2D eigenvalue weighted by Crippen LogP contribution is 2.40. The van der Waals surface area contributed by atoms with Gasteiger partial charge in [0.2, 0.25) is 0 Å². The molecular weight excluding hydrogens is 386 g/mol. The summed E-state index contributed by atoms with van der Waals surface area (Å²) in [6.45, 7) is 0.254. The Morgan fingerprint density at radius 1 is 0.862 bits per heavy atom. The van der Waals surface area contributed by atoms with Gasteiger partial charge in [-0.1, -0.05) is 84.4 Å². The molecule has 144 valence electrons. The Balaban J connectivity index is 1.86. The predicted molar refractivity (Wildman–Crippen MR) is 112 cm³/mol. The lowest BCUT2D eigenvalue weighted by molar-refractivity contribution is -0.140. The van der Waals surface area contributed by atoms with Gasteiger partial charge in [0.25, 0.3) is 11.7 Å². The third kappa shape index (κ3) is 3.67. The molecule has 1 amide bonds. The van der Waals surface area contributed by atoms with E-state index in [1.165, 1.54) is 4.90 Å². The Morgan fingerprint density at radius 3 is 2.07 bits per heavy atom. The molecule has 4 nitrogen and oxygen atoms in total. The Hall–Kier alpha value is -3.37. The van der Waals surface area contributed by atoms with Gasteiger partial charge in [-0.2, -0.15) is 0 Å². The molecule has 0 saturated carbocycles. The molecule has 0 spiro atoms. The van der Waals surface area contributed by atoms with Crippen molar-refractivity contribution >= 4 is 29.1 Å². The molecule has 0 aromatic heterocycles. The second-order valence-electron chi connectivity index (χ2n) is 6.83. The van der Waals surface area contributed by atoms with Crippen molar-refractivity contribution in [3.05, 3.63) is 112 Å². The van der Waals surface area contributed by atoms with Crippen LogP contribution in [0.2, 0.25) is 5.02 Å². The van der Waals surface area contributed by atoms with E-state index in [-0.39, 0.29) is 17.9 Å². The Bertz CT molecular complexity index is 1080. The first kappa shape index (κ1) is 19.0. The van der Waals surface area contributed by atoms with Crippen LogP contribution in [-0.2, 0) is 16.1 Å². The van der Waals surface area contributed by atoms with Crippen LogP contribution in [0.3, 0.4) is 0 Å². The number of rotatable bonds is 4. The largest absolute Gasteiger partial charge is 0.507 e. The summed E-state index contributed by atoms with van der Waals surface area (Å²) in [5.41, 5.74) is 2.18. The summed E-state index contributed by atoms with van der Waals surface area (Å²) in [4.78, 5) is 27.3. The number of likely N-dealkylation sites (tertiary alicyclic amines) is 1. The van der Waals surface area contributed by atoms with Crippen LogP contribution in [-0.4, -0.2) is 21.7 Å². The average molecular weight is 404 g/mol. The number of hydrogen-bond acceptors (Lipinski definition) is 3. The molecule has 29 heavy (non-hydrogen) atoms. The first-order valence-corrected chi connectivity index (χ1v) is 9.57. The van der Waals surface area contributed by atoms with Crippen LogP contribution in [0.25, 0.3) is 5.76 Å². The summed E-state index contributed by atoms with van der Waals surface area (Å²) in [5.74, 6) is -1.51. The monoisotopic (exact) mass is 403 g/mol. The Morgan fingerprint density at radius 2 is 1.45 bits per heavy atom. The van der Waals surface area contributed by atoms with E-state index < -0.39 is 17.7 Å². The first-order valence-electron chi connectivity index (χ1n) is 9.19. The maximum Gasteiger partial charge on any atom is 0.295 e. The first-order chi connectivity index (χ1) is 14.1. The maximum atomic E-state index is 12.9. The van der Waals surface area contributed by atoms with Crippen molar-refractivity contribution in [3.63, 3.8) is 0 Å². The second-order valence-corrected chi connectivity index (χ2v) is 7.27. The lowest BCUT2D eigenvalue weighted by Gasteiger charge is -2.25. The SMILES string of the molecule is O=C1C(=O)N(Cc2ccccc2)C(c2ccc(Cl)cc2)C1=C(O)c1ccccc1. The number of hydrogen-bond donors (Lipinski definition) is 1. The minimum atomic E-state index is -0.701. The molecular formula is C24H18ClNO3. The number of nitrogens with zero attached hydrogens (tertiary/aromatic N) is 1. The highest BCUT2D eigenvalue weighted by atomic mass is 35.5. The Labute approximate surface area is 173 Å². The van der Waals surface area contributed by atoms with E-state index in [2.05, 4.69) is 0 Å². The van der Waals surface area contributed by atoms with Crippen molar-refractivity contribution in [2.75, 3.05) is 0 Å². The van der Waals surface area contributed by atoms with Crippen LogP contribution < -0.4 is 0 Å². The number of benzene rings is 3. The predicted octanol–water partition coefficient (Wildman–Crippen LogP) is 4.96. The highest BCUT2D eigenvalue weighted by Gasteiger charge is 2.46. The molecule has 1 aliphatic heterocycles. The van der Waals surface area contributed by atoms with Crippen LogP contribution in [0.5, 0.6) is 0 Å². The number of aliphatic hydroxyl groups excluding tert-OH is 1. The molecule has 5 heteroatoms. The van der Waals surface area contributed by atoms with Gasteiger partial charge < -0.3 is 10.0 Å². The van der Waals surface area contributed by atoms with E-state index in [0.29, 0.717) is 16.1 Å². The van der Waals surface area contributed by atoms with Crippen molar-refractivity contribution in [2.45, 2.75) is 12.6 Å². The Kier molecular flexibility index (Phi) is 5.19. The summed E-state index contributed by atoms with van der Waals surface area (Å²) < 4.78 is 0. The van der Waals surface area contributed by atoms with Gasteiger partial charge >= 0.3 is 0 Å². The zero-order valence-corrected chi connectivity index (χ0v) is 16.2. The summed E-state index contributed by atoms with van der Waals surface area (Å²) in [7, 11) is 0. The molecule has 1 atom stereocenters. The third-order valence-corrected chi connectivity index (χ3v) is 5.22. The minimum absolute atomic E-state index is 0.0828. The van der Waals surface area contributed by atoms with Crippen LogP contribution >= 0.6 is 11.6 Å². The molecule has 1 aliphatic rings. The van der Waals surface area contributed by atoms with Crippen molar-refractivity contribution < 1.29 is 14.7 Å². The molecule has 1 heterocycles. The number of aliphatic hydroxyl groups is 1. The van der Waals surface area contributed by atoms with E-state index in [1.807, 2.05) is 36.4 Å². The topological polar surface area (TPSA) is 57.6 Å². The standard InChI is InChI=1S/C24H18ClNO3/c25-19-13-11-17(12-14-19)21-20(22(27)18-9-5-2-6-10-18)23(28)24(29)26(21)15-16-7-3-1-4-8-16/h1-14,21,27H,15H2. The second kappa shape index (κ2) is 7.94. The van der Waals surface area contributed by atoms with Gasteiger partial charge in [-0.15, -0.1) is 0 Å². The highest BCUT2D eigenvalue weighted by molar-refractivity contribution is 6.46. The van der Waals surface area contributed by atoms with Crippen molar-refractivity contribution in [1.29, 1.82) is 0 Å². The number of halogens is 1. The van der Waals surface area contributed by atoms with Crippen LogP contribution in [0.4, 0.5) is 0 Å². The van der Waals surface area contributed by atoms with E-state index in [9.17, 15) is 14.7 Å². The molecule has 4 rings (SSSR count). The van der Waals surface area contributed by atoms with E-state index >= 15 is 0 Å². The van der Waals surface area contributed by atoms with Gasteiger partial charge in [0.1, 0.15) is 5.76 Å². The zero-order valence-electron chi connectivity index (χ0n) is 15.5. The fourth-order valence-electron chi connectivity index (χ4n) is 3.57. The fourth-order valence-corrected chi connectivity index (χ4v) is 3.69. The molecule has 3 aromatic rings. The smallest absolute Gasteiger partial charge is 0.295 e.